The van der Waals surface area contributed by atoms with Crippen LogP contribution in [0.25, 0.3) is 0 Å². The van der Waals surface area contributed by atoms with Gasteiger partial charge in [0.05, 0.1) is 10.6 Å². The molecule has 0 saturated heterocycles. The van der Waals surface area contributed by atoms with E-state index >= 15 is 0 Å². The molecule has 0 aliphatic carbocycles. The van der Waals surface area contributed by atoms with Crippen molar-refractivity contribution in [2.45, 2.75) is 6.61 Å². The normalized spacial score (nSPS) is 10.3. The molecule has 2 aromatic carbocycles. The molecular formula is C14H10Cl2FNO2. The summed E-state index contributed by atoms with van der Waals surface area (Å²) in [6.45, 7) is -0.143. The van der Waals surface area contributed by atoms with Crippen molar-refractivity contribution >= 4 is 34.9 Å². The maximum atomic E-state index is 13.1. The van der Waals surface area contributed by atoms with Crippen molar-refractivity contribution in [3.63, 3.8) is 0 Å². The molecule has 0 saturated carbocycles. The highest BCUT2D eigenvalue weighted by atomic mass is 35.5. The van der Waals surface area contributed by atoms with E-state index in [0.717, 1.165) is 0 Å². The molecule has 2 N–H and O–H groups in total. The minimum Gasteiger partial charge on any atom is -0.457 e. The van der Waals surface area contributed by atoms with Crippen molar-refractivity contribution in [2.24, 2.45) is 0 Å². The largest absolute Gasteiger partial charge is 0.457 e. The third-order valence-electron chi connectivity index (χ3n) is 2.58. The Bertz CT molecular complexity index is 662. The van der Waals surface area contributed by atoms with Crippen molar-refractivity contribution in [1.82, 2.24) is 0 Å². The number of nitrogens with two attached hydrogens (primary N) is 1. The molecule has 0 aliphatic rings. The van der Waals surface area contributed by atoms with Gasteiger partial charge in [0.2, 0.25) is 0 Å². The molecule has 6 heteroatoms. The summed E-state index contributed by atoms with van der Waals surface area (Å²) in [4.78, 5) is 11.9. The molecule has 0 heterocycles. The standard InChI is InChI=1S/C14H10Cl2FNO2/c15-12-4-1-9(17)5-8(12)7-20-14(19)11-3-2-10(18)6-13(11)16/h1-6H,7,18H2. The molecule has 0 fully saturated rings. The lowest BCUT2D eigenvalue weighted by atomic mass is 10.2. The molecule has 2 aromatic rings. The molecule has 104 valence electrons. The minimum atomic E-state index is -0.629. The first-order chi connectivity index (χ1) is 9.47. The lowest BCUT2D eigenvalue weighted by molar-refractivity contribution is 0.0472. The molecule has 0 spiro atoms. The van der Waals surface area contributed by atoms with E-state index in [4.69, 9.17) is 33.7 Å². The summed E-state index contributed by atoms with van der Waals surface area (Å²) in [5.41, 5.74) is 6.55. The van der Waals surface area contributed by atoms with Crippen LogP contribution >= 0.6 is 23.2 Å². The summed E-state index contributed by atoms with van der Waals surface area (Å²) >= 11 is 11.8. The van der Waals surface area contributed by atoms with Gasteiger partial charge in [0.25, 0.3) is 0 Å². The second-order valence-corrected chi connectivity index (χ2v) is 4.87. The van der Waals surface area contributed by atoms with Crippen molar-refractivity contribution in [2.75, 3.05) is 5.73 Å². The van der Waals surface area contributed by atoms with Gasteiger partial charge in [-0.05, 0) is 36.4 Å². The number of anilines is 1. The first-order valence-corrected chi connectivity index (χ1v) is 6.39. The predicted molar refractivity (Wildman–Crippen MR) is 76.4 cm³/mol. The zero-order valence-electron chi connectivity index (χ0n) is 10.2. The number of nitrogen functional groups attached to an aromatic ring is 1. The van der Waals surface area contributed by atoms with Crippen molar-refractivity contribution in [3.05, 3.63) is 63.4 Å². The highest BCUT2D eigenvalue weighted by molar-refractivity contribution is 6.33. The van der Waals surface area contributed by atoms with Gasteiger partial charge in [-0.15, -0.1) is 0 Å². The highest BCUT2D eigenvalue weighted by Gasteiger charge is 2.13. The van der Waals surface area contributed by atoms with Crippen LogP contribution < -0.4 is 5.73 Å². The number of esters is 1. The topological polar surface area (TPSA) is 52.3 Å². The summed E-state index contributed by atoms with van der Waals surface area (Å²) in [7, 11) is 0. The van der Waals surface area contributed by atoms with Gasteiger partial charge in [0, 0.05) is 16.3 Å². The predicted octanol–water partition coefficient (Wildman–Crippen LogP) is 4.07. The van der Waals surface area contributed by atoms with Crippen LogP contribution in [0.3, 0.4) is 0 Å². The highest BCUT2D eigenvalue weighted by Crippen LogP contribution is 2.22. The van der Waals surface area contributed by atoms with Crippen LogP contribution in [-0.2, 0) is 11.3 Å². The van der Waals surface area contributed by atoms with E-state index in [0.29, 0.717) is 16.3 Å². The molecule has 0 unspecified atom stereocenters. The van der Waals surface area contributed by atoms with E-state index in [-0.39, 0.29) is 17.2 Å². The second-order valence-electron chi connectivity index (χ2n) is 4.05. The van der Waals surface area contributed by atoms with Crippen LogP contribution in [0.15, 0.2) is 36.4 Å². The van der Waals surface area contributed by atoms with Crippen LogP contribution in [0.1, 0.15) is 15.9 Å². The molecule has 0 aliphatic heterocycles. The molecule has 0 bridgehead atoms. The molecule has 0 radical (unpaired) electrons. The number of hydrogen-bond acceptors (Lipinski definition) is 3. The Kier molecular flexibility index (Phi) is 4.47. The Hall–Kier alpha value is -1.78. The van der Waals surface area contributed by atoms with Crippen LogP contribution in [-0.4, -0.2) is 5.97 Å². The fourth-order valence-corrected chi connectivity index (χ4v) is 2.01. The van der Waals surface area contributed by atoms with Gasteiger partial charge in [0.1, 0.15) is 12.4 Å². The lowest BCUT2D eigenvalue weighted by Crippen LogP contribution is -2.06. The van der Waals surface area contributed by atoms with E-state index in [9.17, 15) is 9.18 Å². The zero-order chi connectivity index (χ0) is 14.7. The Morgan fingerprint density at radius 1 is 1.15 bits per heavy atom. The van der Waals surface area contributed by atoms with Gasteiger partial charge >= 0.3 is 5.97 Å². The van der Waals surface area contributed by atoms with E-state index in [2.05, 4.69) is 0 Å². The van der Waals surface area contributed by atoms with Crippen molar-refractivity contribution in [1.29, 1.82) is 0 Å². The maximum Gasteiger partial charge on any atom is 0.339 e. The Morgan fingerprint density at radius 2 is 1.90 bits per heavy atom. The van der Waals surface area contributed by atoms with Crippen LogP contribution in [0, 0.1) is 5.82 Å². The van der Waals surface area contributed by atoms with Crippen molar-refractivity contribution in [3.8, 4) is 0 Å². The first-order valence-electron chi connectivity index (χ1n) is 5.63. The summed E-state index contributed by atoms with van der Waals surface area (Å²) in [6, 6.07) is 8.29. The molecule has 2 rings (SSSR count). The third-order valence-corrected chi connectivity index (χ3v) is 3.26. The smallest absolute Gasteiger partial charge is 0.339 e. The number of halogens is 3. The molecule has 0 amide bonds. The van der Waals surface area contributed by atoms with Gasteiger partial charge < -0.3 is 10.5 Å². The van der Waals surface area contributed by atoms with Crippen molar-refractivity contribution < 1.29 is 13.9 Å². The van der Waals surface area contributed by atoms with Gasteiger partial charge in [-0.3, -0.25) is 0 Å². The monoisotopic (exact) mass is 313 g/mol. The van der Waals surface area contributed by atoms with Crippen LogP contribution in [0.4, 0.5) is 10.1 Å². The lowest BCUT2D eigenvalue weighted by Gasteiger charge is -2.08. The summed E-state index contributed by atoms with van der Waals surface area (Å²) < 4.78 is 18.1. The number of carbonyl (C=O) groups is 1. The molecule has 0 aromatic heterocycles. The fraction of sp³-hybridized carbons (Fsp3) is 0.0714. The van der Waals surface area contributed by atoms with Crippen LogP contribution in [0.5, 0.6) is 0 Å². The number of rotatable bonds is 3. The molecule has 3 nitrogen and oxygen atoms in total. The van der Waals surface area contributed by atoms with E-state index in [1.165, 1.54) is 36.4 Å². The number of benzene rings is 2. The molecule has 20 heavy (non-hydrogen) atoms. The quantitative estimate of drug-likeness (QED) is 0.686. The van der Waals surface area contributed by atoms with E-state index in [1.807, 2.05) is 0 Å². The number of ether oxygens (including phenoxy) is 1. The summed E-state index contributed by atoms with van der Waals surface area (Å²) in [6.07, 6.45) is 0. The maximum absolute atomic E-state index is 13.1. The molecular weight excluding hydrogens is 304 g/mol. The average molecular weight is 314 g/mol. The van der Waals surface area contributed by atoms with Gasteiger partial charge in [-0.2, -0.15) is 0 Å². The molecule has 0 atom stereocenters. The zero-order valence-corrected chi connectivity index (χ0v) is 11.7. The Balaban J connectivity index is 2.10. The van der Waals surface area contributed by atoms with Crippen LogP contribution in [0.2, 0.25) is 10.0 Å². The third kappa shape index (κ3) is 3.40. The minimum absolute atomic E-state index is 0.143. The summed E-state index contributed by atoms with van der Waals surface area (Å²) in [5, 5.41) is 0.517. The number of hydrogen-bond donors (Lipinski definition) is 1. The fourth-order valence-electron chi connectivity index (χ4n) is 1.57. The Labute approximate surface area is 125 Å². The summed E-state index contributed by atoms with van der Waals surface area (Å²) in [5.74, 6) is -1.08. The number of carbonyl (C=O) groups excluding carboxylic acids is 1. The SMILES string of the molecule is Nc1ccc(C(=O)OCc2cc(F)ccc2Cl)c(Cl)c1. The van der Waals surface area contributed by atoms with Gasteiger partial charge in [-0.1, -0.05) is 23.2 Å². The first kappa shape index (κ1) is 14.6. The van der Waals surface area contributed by atoms with Gasteiger partial charge in [0.15, 0.2) is 0 Å². The second kappa shape index (κ2) is 6.11. The average Bonchev–Trinajstić information content (AvgIpc) is 2.39. The van der Waals surface area contributed by atoms with E-state index < -0.39 is 11.8 Å². The Morgan fingerprint density at radius 3 is 2.60 bits per heavy atom. The van der Waals surface area contributed by atoms with E-state index in [1.54, 1.807) is 0 Å². The van der Waals surface area contributed by atoms with Gasteiger partial charge in [-0.25, -0.2) is 9.18 Å².